The van der Waals surface area contributed by atoms with Gasteiger partial charge in [0.1, 0.15) is 0 Å². The molecule has 2 fully saturated rings. The maximum atomic E-state index is 11.6. The molecular formula is C17H27F3N4O4S. The molecule has 166 valence electrons. The van der Waals surface area contributed by atoms with Gasteiger partial charge >= 0.3 is 12.1 Å². The third kappa shape index (κ3) is 6.96. The third-order valence-electron chi connectivity index (χ3n) is 5.39. The lowest BCUT2D eigenvalue weighted by Crippen LogP contribution is -2.54. The molecule has 3 rings (SSSR count). The summed E-state index contributed by atoms with van der Waals surface area (Å²) in [5, 5.41) is 14.4. The number of aromatic nitrogens is 2. The highest BCUT2D eigenvalue weighted by atomic mass is 32.2. The van der Waals surface area contributed by atoms with Gasteiger partial charge in [-0.1, -0.05) is 0 Å². The van der Waals surface area contributed by atoms with Gasteiger partial charge in [-0.25, -0.2) is 17.9 Å². The van der Waals surface area contributed by atoms with Crippen LogP contribution in [0.3, 0.4) is 0 Å². The second-order valence-electron chi connectivity index (χ2n) is 7.75. The Kier molecular flexibility index (Phi) is 7.33. The molecule has 0 radical (unpaired) electrons. The molecule has 0 bridgehead atoms. The van der Waals surface area contributed by atoms with Crippen molar-refractivity contribution in [2.45, 2.75) is 58.3 Å². The van der Waals surface area contributed by atoms with E-state index < -0.39 is 22.2 Å². The van der Waals surface area contributed by atoms with Crippen molar-refractivity contribution in [1.29, 1.82) is 0 Å². The van der Waals surface area contributed by atoms with E-state index in [0.717, 1.165) is 43.9 Å². The summed E-state index contributed by atoms with van der Waals surface area (Å²) in [7, 11) is -3.06. The number of carboxylic acid groups (broad SMARTS) is 1. The number of rotatable bonds is 5. The highest BCUT2D eigenvalue weighted by Gasteiger charge is 2.46. The van der Waals surface area contributed by atoms with E-state index in [2.05, 4.69) is 25.9 Å². The van der Waals surface area contributed by atoms with Gasteiger partial charge in [0.25, 0.3) is 0 Å². The van der Waals surface area contributed by atoms with Crippen molar-refractivity contribution < 1.29 is 31.5 Å². The molecule has 1 aromatic heterocycles. The van der Waals surface area contributed by atoms with Gasteiger partial charge in [-0.05, 0) is 64.1 Å². The predicted molar refractivity (Wildman–Crippen MR) is 99.6 cm³/mol. The van der Waals surface area contributed by atoms with Crippen LogP contribution in [-0.2, 0) is 21.4 Å². The Hall–Kier alpha value is -1.66. The van der Waals surface area contributed by atoms with Crippen molar-refractivity contribution in [3.63, 3.8) is 0 Å². The Bertz CT molecular complexity index is 794. The van der Waals surface area contributed by atoms with Crippen LogP contribution in [-0.4, -0.2) is 65.7 Å². The van der Waals surface area contributed by atoms with E-state index in [1.54, 1.807) is 6.92 Å². The van der Waals surface area contributed by atoms with E-state index in [-0.39, 0.29) is 11.8 Å². The number of aryl methyl sites for hydroxylation is 1. The minimum absolute atomic E-state index is 0.158. The summed E-state index contributed by atoms with van der Waals surface area (Å²) in [4.78, 5) is 11.3. The maximum Gasteiger partial charge on any atom is 0.490 e. The number of sulfonamides is 1. The fourth-order valence-corrected chi connectivity index (χ4v) is 4.63. The molecule has 1 spiro atoms. The lowest BCUT2D eigenvalue weighted by Gasteiger charge is -2.52. The van der Waals surface area contributed by atoms with Gasteiger partial charge in [0.05, 0.1) is 11.4 Å². The Morgan fingerprint density at radius 1 is 1.38 bits per heavy atom. The van der Waals surface area contributed by atoms with Crippen molar-refractivity contribution in [3.8, 4) is 0 Å². The maximum absolute atomic E-state index is 11.6. The number of alkyl halides is 3. The fraction of sp³-hybridized carbons (Fsp3) is 0.765. The van der Waals surface area contributed by atoms with E-state index in [0.29, 0.717) is 5.41 Å². The second kappa shape index (κ2) is 9.00. The van der Waals surface area contributed by atoms with Crippen LogP contribution in [0.25, 0.3) is 0 Å². The molecule has 0 aromatic carbocycles. The molecule has 2 aliphatic rings. The Morgan fingerprint density at radius 3 is 2.34 bits per heavy atom. The Morgan fingerprint density at radius 2 is 1.93 bits per heavy atom. The first-order valence-corrected chi connectivity index (χ1v) is 11.0. The van der Waals surface area contributed by atoms with Crippen LogP contribution in [0.5, 0.6) is 0 Å². The van der Waals surface area contributed by atoms with Crippen LogP contribution < -0.4 is 4.72 Å². The van der Waals surface area contributed by atoms with Gasteiger partial charge in [0.15, 0.2) is 0 Å². The lowest BCUT2D eigenvalue weighted by molar-refractivity contribution is -0.192. The van der Waals surface area contributed by atoms with E-state index >= 15 is 0 Å². The molecule has 3 N–H and O–H groups in total. The number of nitrogens with zero attached hydrogens (tertiary/aromatic N) is 2. The number of hydrogen-bond acceptors (Lipinski definition) is 5. The zero-order chi connectivity index (χ0) is 21.9. The van der Waals surface area contributed by atoms with Gasteiger partial charge in [0, 0.05) is 18.3 Å². The molecule has 0 amide bonds. The van der Waals surface area contributed by atoms with Crippen molar-refractivity contribution in [1.82, 2.24) is 19.8 Å². The first-order chi connectivity index (χ1) is 13.3. The lowest BCUT2D eigenvalue weighted by atomic mass is 9.61. The predicted octanol–water partition coefficient (Wildman–Crippen LogP) is 2.04. The zero-order valence-electron chi connectivity index (χ0n) is 16.4. The van der Waals surface area contributed by atoms with Gasteiger partial charge in [-0.2, -0.15) is 18.3 Å². The summed E-state index contributed by atoms with van der Waals surface area (Å²) < 4.78 is 57.8. The number of piperidine rings is 1. The van der Waals surface area contributed by atoms with Crippen molar-refractivity contribution >= 4 is 16.0 Å². The van der Waals surface area contributed by atoms with E-state index in [4.69, 9.17) is 9.90 Å². The van der Waals surface area contributed by atoms with Gasteiger partial charge in [0.2, 0.25) is 10.0 Å². The summed E-state index contributed by atoms with van der Waals surface area (Å²) >= 11 is 0. The highest BCUT2D eigenvalue weighted by Crippen LogP contribution is 2.49. The molecule has 1 saturated heterocycles. The third-order valence-corrected chi connectivity index (χ3v) is 6.84. The van der Waals surface area contributed by atoms with Crippen LogP contribution in [0.15, 0.2) is 6.07 Å². The number of H-pyrrole nitrogens is 1. The molecule has 12 heteroatoms. The molecular weight excluding hydrogens is 413 g/mol. The monoisotopic (exact) mass is 440 g/mol. The quantitative estimate of drug-likeness (QED) is 0.645. The first kappa shape index (κ1) is 23.6. The Balaban J connectivity index is 0.000000370. The Labute approximate surface area is 167 Å². The number of nitrogens with one attached hydrogen (secondary N) is 2. The summed E-state index contributed by atoms with van der Waals surface area (Å²) in [5.74, 6) is -2.58. The molecule has 1 saturated carbocycles. The van der Waals surface area contributed by atoms with Crippen molar-refractivity contribution in [3.05, 3.63) is 17.5 Å². The molecule has 2 heterocycles. The number of carboxylic acids is 1. The summed E-state index contributed by atoms with van der Waals surface area (Å²) in [5.41, 5.74) is 2.59. The highest BCUT2D eigenvalue weighted by molar-refractivity contribution is 7.89. The average molecular weight is 440 g/mol. The summed E-state index contributed by atoms with van der Waals surface area (Å²) in [6.07, 6.45) is -0.745. The van der Waals surface area contributed by atoms with Gasteiger partial charge in [-0.15, -0.1) is 0 Å². The number of halogens is 3. The summed E-state index contributed by atoms with van der Waals surface area (Å²) in [6, 6.07) is 2.26. The second-order valence-corrected chi connectivity index (χ2v) is 9.79. The zero-order valence-corrected chi connectivity index (χ0v) is 17.2. The molecule has 1 aromatic rings. The van der Waals surface area contributed by atoms with Crippen molar-refractivity contribution in [2.75, 3.05) is 18.8 Å². The number of carbonyl (C=O) groups is 1. The van der Waals surface area contributed by atoms with E-state index in [1.165, 1.54) is 12.8 Å². The first-order valence-electron chi connectivity index (χ1n) is 9.37. The SMILES string of the molecule is CCS(=O)(=O)NC1CC2(CCN(Cc3cc(C)[nH]n3)CC2)C1.O=C(O)C(F)(F)F. The molecule has 1 aliphatic heterocycles. The van der Waals surface area contributed by atoms with Gasteiger partial charge < -0.3 is 5.11 Å². The largest absolute Gasteiger partial charge is 0.490 e. The molecule has 8 nitrogen and oxygen atoms in total. The summed E-state index contributed by atoms with van der Waals surface area (Å²) in [6.45, 7) is 6.78. The van der Waals surface area contributed by atoms with Crippen LogP contribution in [0.2, 0.25) is 0 Å². The van der Waals surface area contributed by atoms with E-state index in [1.807, 2.05) is 6.92 Å². The van der Waals surface area contributed by atoms with Crippen molar-refractivity contribution in [2.24, 2.45) is 5.41 Å². The standard InChI is InChI=1S/C15H26N4O2S.C2HF3O2/c1-3-22(20,21)18-14-9-15(10-14)4-6-19(7-5-15)11-13-8-12(2)16-17-13;3-2(4,5)1(6)7/h8,14,18H,3-7,9-11H2,1-2H3,(H,16,17);(H,6,7). The van der Waals surface area contributed by atoms with Crippen LogP contribution in [0.4, 0.5) is 13.2 Å². The fourth-order valence-electron chi connectivity index (χ4n) is 3.78. The minimum atomic E-state index is -5.08. The smallest absolute Gasteiger partial charge is 0.475 e. The van der Waals surface area contributed by atoms with Crippen LogP contribution in [0.1, 0.15) is 44.0 Å². The topological polar surface area (TPSA) is 115 Å². The number of aromatic amines is 1. The number of aliphatic carboxylic acids is 1. The molecule has 1 aliphatic carbocycles. The molecule has 0 atom stereocenters. The normalized spacial score (nSPS) is 20.0. The number of hydrogen-bond donors (Lipinski definition) is 3. The molecule has 0 unspecified atom stereocenters. The molecule has 29 heavy (non-hydrogen) atoms. The van der Waals surface area contributed by atoms with E-state index in [9.17, 15) is 21.6 Å². The average Bonchev–Trinajstić information content (AvgIpc) is 3.00. The van der Waals surface area contributed by atoms with Crippen LogP contribution in [0, 0.1) is 12.3 Å². The van der Waals surface area contributed by atoms with Crippen LogP contribution >= 0.6 is 0 Å². The van der Waals surface area contributed by atoms with Gasteiger partial charge in [-0.3, -0.25) is 10.00 Å². The minimum Gasteiger partial charge on any atom is -0.475 e. The number of likely N-dealkylation sites (tertiary alicyclic amines) is 1.